The number of hydrogen-bond acceptors (Lipinski definition) is 7. The lowest BCUT2D eigenvalue weighted by atomic mass is 9.98. The Labute approximate surface area is 216 Å². The third-order valence-corrected chi connectivity index (χ3v) is 6.67. The van der Waals surface area contributed by atoms with E-state index in [9.17, 15) is 14.7 Å². The Bertz CT molecular complexity index is 1250. The van der Waals surface area contributed by atoms with Crippen LogP contribution < -0.4 is 9.47 Å². The van der Waals surface area contributed by atoms with Crippen LogP contribution in [0, 0.1) is 5.92 Å². The molecule has 4 rings (SSSR count). The highest BCUT2D eigenvalue weighted by atomic mass is 16.5. The van der Waals surface area contributed by atoms with E-state index in [2.05, 4.69) is 9.97 Å². The van der Waals surface area contributed by atoms with Crippen molar-refractivity contribution in [1.82, 2.24) is 19.8 Å². The van der Waals surface area contributed by atoms with E-state index < -0.39 is 12.1 Å². The minimum Gasteiger partial charge on any atom is -0.496 e. The van der Waals surface area contributed by atoms with Crippen molar-refractivity contribution in [2.24, 2.45) is 5.92 Å². The molecule has 3 heterocycles. The second-order valence-corrected chi connectivity index (χ2v) is 9.32. The fourth-order valence-corrected chi connectivity index (χ4v) is 4.42. The van der Waals surface area contributed by atoms with Gasteiger partial charge in [0.2, 0.25) is 5.88 Å². The molecule has 194 valence electrons. The predicted octanol–water partition coefficient (Wildman–Crippen LogP) is 3.14. The third kappa shape index (κ3) is 5.56. The van der Waals surface area contributed by atoms with Gasteiger partial charge in [0.05, 0.1) is 26.3 Å². The van der Waals surface area contributed by atoms with E-state index in [-0.39, 0.29) is 36.8 Å². The topological polar surface area (TPSA) is 105 Å². The molecule has 0 bridgehead atoms. The van der Waals surface area contributed by atoms with Crippen LogP contribution in [0.25, 0.3) is 11.1 Å². The molecule has 0 saturated carbocycles. The van der Waals surface area contributed by atoms with Gasteiger partial charge >= 0.3 is 0 Å². The number of fused-ring (bicyclic) bond motifs is 1. The maximum atomic E-state index is 13.7. The third-order valence-electron chi connectivity index (χ3n) is 6.67. The maximum Gasteiger partial charge on any atom is 0.259 e. The molecule has 3 atom stereocenters. The van der Waals surface area contributed by atoms with Gasteiger partial charge in [-0.15, -0.1) is 0 Å². The van der Waals surface area contributed by atoms with Crippen LogP contribution in [0.5, 0.6) is 11.6 Å². The molecule has 0 saturated heterocycles. The van der Waals surface area contributed by atoms with Crippen molar-refractivity contribution < 1.29 is 24.2 Å². The first kappa shape index (κ1) is 26.1. The minimum atomic E-state index is -0.444. The highest BCUT2D eigenvalue weighted by Gasteiger charge is 2.35. The van der Waals surface area contributed by atoms with Gasteiger partial charge in [0, 0.05) is 54.8 Å². The van der Waals surface area contributed by atoms with E-state index in [0.29, 0.717) is 29.0 Å². The fraction of sp³-hybridized carbons (Fsp3) is 0.357. The first-order chi connectivity index (χ1) is 17.8. The SMILES string of the molecule is COc1ccccc1-c1cnc2c(c1)C(=O)N([C@H](C)CO)C[C@H](C)[C@H](CN(C)C(=O)c1ccncc1)O2. The highest BCUT2D eigenvalue weighted by Crippen LogP contribution is 2.34. The number of ether oxygens (including phenoxy) is 2. The summed E-state index contributed by atoms with van der Waals surface area (Å²) in [4.78, 5) is 38.4. The number of nitrogens with zero attached hydrogens (tertiary/aromatic N) is 4. The zero-order chi connectivity index (χ0) is 26.5. The Kier molecular flexibility index (Phi) is 8.03. The van der Waals surface area contributed by atoms with E-state index in [1.807, 2.05) is 31.2 Å². The lowest BCUT2D eigenvalue weighted by molar-refractivity contribution is 0.0313. The highest BCUT2D eigenvalue weighted by molar-refractivity contribution is 5.98. The molecular formula is C28H32N4O5. The van der Waals surface area contributed by atoms with Crippen LogP contribution in [0.15, 0.2) is 61.1 Å². The number of aromatic nitrogens is 2. The van der Waals surface area contributed by atoms with Gasteiger partial charge in [0.15, 0.2) is 0 Å². The van der Waals surface area contributed by atoms with Gasteiger partial charge < -0.3 is 24.4 Å². The van der Waals surface area contributed by atoms with E-state index in [4.69, 9.17) is 9.47 Å². The van der Waals surface area contributed by atoms with Gasteiger partial charge in [0.1, 0.15) is 17.4 Å². The number of aliphatic hydroxyl groups is 1. The summed E-state index contributed by atoms with van der Waals surface area (Å²) < 4.78 is 11.8. The summed E-state index contributed by atoms with van der Waals surface area (Å²) >= 11 is 0. The molecule has 0 radical (unpaired) electrons. The van der Waals surface area contributed by atoms with Crippen molar-refractivity contribution in [2.45, 2.75) is 26.0 Å². The minimum absolute atomic E-state index is 0.144. The van der Waals surface area contributed by atoms with Crippen molar-refractivity contribution >= 4 is 11.8 Å². The number of aliphatic hydroxyl groups excluding tert-OH is 1. The number of methoxy groups -OCH3 is 1. The Morgan fingerprint density at radius 1 is 1.24 bits per heavy atom. The molecular weight excluding hydrogens is 472 g/mol. The molecule has 2 amide bonds. The Hall–Kier alpha value is -3.98. The number of carbonyl (C=O) groups is 2. The average molecular weight is 505 g/mol. The number of hydrogen-bond donors (Lipinski definition) is 1. The number of likely N-dealkylation sites (N-methyl/N-ethyl adjacent to an activating group) is 1. The zero-order valence-electron chi connectivity index (χ0n) is 21.5. The standard InChI is InChI=1S/C28H32N4O5/c1-18-15-32(19(2)17-33)28(35)23-13-21(22-7-5-6-8-24(22)36-4)14-30-26(23)37-25(18)16-31(3)27(34)20-9-11-29-12-10-20/h5-14,18-19,25,33H,15-17H2,1-4H3/t18-,19+,25-/m0/s1. The number of benzene rings is 1. The lowest BCUT2D eigenvalue weighted by Crippen LogP contribution is -2.50. The Morgan fingerprint density at radius 3 is 2.68 bits per heavy atom. The quantitative estimate of drug-likeness (QED) is 0.527. The van der Waals surface area contributed by atoms with Crippen molar-refractivity contribution in [1.29, 1.82) is 0 Å². The largest absolute Gasteiger partial charge is 0.496 e. The molecule has 3 aromatic rings. The van der Waals surface area contributed by atoms with E-state index in [0.717, 1.165) is 5.56 Å². The van der Waals surface area contributed by atoms with Gasteiger partial charge in [-0.3, -0.25) is 14.6 Å². The number of para-hydroxylation sites is 1. The zero-order valence-corrected chi connectivity index (χ0v) is 21.5. The van der Waals surface area contributed by atoms with Crippen molar-refractivity contribution in [3.63, 3.8) is 0 Å². The molecule has 37 heavy (non-hydrogen) atoms. The van der Waals surface area contributed by atoms with Crippen LogP contribution >= 0.6 is 0 Å². The van der Waals surface area contributed by atoms with Crippen LogP contribution in [-0.4, -0.2) is 82.7 Å². The summed E-state index contributed by atoms with van der Waals surface area (Å²) in [5.41, 5.74) is 2.33. The van der Waals surface area contributed by atoms with E-state index in [1.165, 1.54) is 0 Å². The normalized spacial score (nSPS) is 18.2. The van der Waals surface area contributed by atoms with Gasteiger partial charge in [-0.05, 0) is 31.2 Å². The summed E-state index contributed by atoms with van der Waals surface area (Å²) in [6, 6.07) is 12.2. The van der Waals surface area contributed by atoms with E-state index >= 15 is 0 Å². The first-order valence-corrected chi connectivity index (χ1v) is 12.2. The Morgan fingerprint density at radius 2 is 1.97 bits per heavy atom. The molecule has 1 aliphatic rings. The summed E-state index contributed by atoms with van der Waals surface area (Å²) in [6.45, 7) is 4.22. The van der Waals surface area contributed by atoms with E-state index in [1.54, 1.807) is 67.7 Å². The molecule has 9 heteroatoms. The number of pyridine rings is 2. The van der Waals surface area contributed by atoms with Crippen LogP contribution in [0.1, 0.15) is 34.6 Å². The summed E-state index contributed by atoms with van der Waals surface area (Å²) in [5.74, 6) is 0.283. The lowest BCUT2D eigenvalue weighted by Gasteiger charge is -2.37. The molecule has 1 aliphatic heterocycles. The Balaban J connectivity index is 1.71. The monoisotopic (exact) mass is 504 g/mol. The van der Waals surface area contributed by atoms with Crippen LogP contribution in [0.3, 0.4) is 0 Å². The molecule has 0 fully saturated rings. The second-order valence-electron chi connectivity index (χ2n) is 9.32. The fourth-order valence-electron chi connectivity index (χ4n) is 4.42. The summed E-state index contributed by atoms with van der Waals surface area (Å²) in [7, 11) is 3.31. The van der Waals surface area contributed by atoms with Crippen molar-refractivity contribution in [3.05, 3.63) is 72.2 Å². The number of rotatable bonds is 7. The van der Waals surface area contributed by atoms with Crippen molar-refractivity contribution in [2.75, 3.05) is 33.9 Å². The molecule has 9 nitrogen and oxygen atoms in total. The summed E-state index contributed by atoms with van der Waals surface area (Å²) in [5, 5.41) is 9.90. The second kappa shape index (κ2) is 11.4. The van der Waals surface area contributed by atoms with Crippen LogP contribution in [0.2, 0.25) is 0 Å². The molecule has 0 spiro atoms. The predicted molar refractivity (Wildman–Crippen MR) is 139 cm³/mol. The van der Waals surface area contributed by atoms with Gasteiger partial charge in [-0.2, -0.15) is 0 Å². The van der Waals surface area contributed by atoms with Gasteiger partial charge in [-0.1, -0.05) is 25.1 Å². The maximum absolute atomic E-state index is 13.7. The smallest absolute Gasteiger partial charge is 0.259 e. The molecule has 0 unspecified atom stereocenters. The number of carbonyl (C=O) groups excluding carboxylic acids is 2. The molecule has 0 aliphatic carbocycles. The van der Waals surface area contributed by atoms with Gasteiger partial charge in [0.25, 0.3) is 11.8 Å². The number of amides is 2. The van der Waals surface area contributed by atoms with Gasteiger partial charge in [-0.25, -0.2) is 4.98 Å². The first-order valence-electron chi connectivity index (χ1n) is 12.2. The molecule has 2 aromatic heterocycles. The van der Waals surface area contributed by atoms with Crippen molar-refractivity contribution in [3.8, 4) is 22.8 Å². The molecule has 1 aromatic carbocycles. The van der Waals surface area contributed by atoms with Crippen LogP contribution in [-0.2, 0) is 0 Å². The molecule has 1 N–H and O–H groups in total. The van der Waals surface area contributed by atoms with Crippen LogP contribution in [0.4, 0.5) is 0 Å². The summed E-state index contributed by atoms with van der Waals surface area (Å²) in [6.07, 6.45) is 4.37. The average Bonchev–Trinajstić information content (AvgIpc) is 2.94.